The Morgan fingerprint density at radius 1 is 1.13 bits per heavy atom. The number of hydrazone groups is 1. The molecule has 30 heavy (non-hydrogen) atoms. The molecule has 4 aromatic rings. The molecule has 0 bridgehead atoms. The molecule has 1 aromatic carbocycles. The third kappa shape index (κ3) is 3.79. The first-order valence-electron chi connectivity index (χ1n) is 9.90. The van der Waals surface area contributed by atoms with Crippen molar-refractivity contribution in [3.63, 3.8) is 0 Å². The minimum Gasteiger partial charge on any atom is -0.378 e. The van der Waals surface area contributed by atoms with Gasteiger partial charge in [-0.3, -0.25) is 5.43 Å². The van der Waals surface area contributed by atoms with E-state index in [9.17, 15) is 0 Å². The van der Waals surface area contributed by atoms with Crippen LogP contribution in [-0.4, -0.2) is 47.1 Å². The highest BCUT2D eigenvalue weighted by Gasteiger charge is 2.18. The summed E-state index contributed by atoms with van der Waals surface area (Å²) in [7, 11) is 0. The summed E-state index contributed by atoms with van der Waals surface area (Å²) in [6.45, 7) is 5.12. The first-order valence-corrected chi connectivity index (χ1v) is 10.8. The molecule has 0 amide bonds. The van der Waals surface area contributed by atoms with Crippen LogP contribution in [0.5, 0.6) is 0 Å². The van der Waals surface area contributed by atoms with Crippen molar-refractivity contribution in [3.8, 4) is 11.3 Å². The standard InChI is InChI=1S/C22H22N6OS/c1-16-7-12-30-19(16)15-23-25-20-14-22(27-8-10-29-11-9-27)28-21(24-20)13-18(26-28)17-5-3-2-4-6-17/h2-7,12-15H,8-11H2,1H3,(H,24,25)/b23-15+. The van der Waals surface area contributed by atoms with Crippen molar-refractivity contribution in [2.24, 2.45) is 5.10 Å². The molecule has 4 heterocycles. The second kappa shape index (κ2) is 8.25. The highest BCUT2D eigenvalue weighted by atomic mass is 32.1. The van der Waals surface area contributed by atoms with Gasteiger partial charge in [-0.05, 0) is 23.9 Å². The van der Waals surface area contributed by atoms with E-state index in [1.807, 2.05) is 41.1 Å². The van der Waals surface area contributed by atoms with Crippen LogP contribution in [0, 0.1) is 6.92 Å². The summed E-state index contributed by atoms with van der Waals surface area (Å²) in [5, 5.41) is 11.3. The van der Waals surface area contributed by atoms with E-state index in [1.54, 1.807) is 11.3 Å². The summed E-state index contributed by atoms with van der Waals surface area (Å²) in [6, 6.07) is 16.3. The monoisotopic (exact) mass is 418 g/mol. The van der Waals surface area contributed by atoms with Gasteiger partial charge in [0, 0.05) is 35.7 Å². The van der Waals surface area contributed by atoms with Gasteiger partial charge in [-0.25, -0.2) is 4.98 Å². The maximum Gasteiger partial charge on any atom is 0.160 e. The van der Waals surface area contributed by atoms with Crippen molar-refractivity contribution in [1.82, 2.24) is 14.6 Å². The quantitative estimate of drug-likeness (QED) is 0.391. The van der Waals surface area contributed by atoms with E-state index in [4.69, 9.17) is 14.8 Å². The number of benzene rings is 1. The Balaban J connectivity index is 1.52. The smallest absolute Gasteiger partial charge is 0.160 e. The summed E-state index contributed by atoms with van der Waals surface area (Å²) in [5.41, 5.74) is 7.05. The zero-order valence-corrected chi connectivity index (χ0v) is 17.5. The van der Waals surface area contributed by atoms with Gasteiger partial charge in [-0.2, -0.15) is 14.7 Å². The number of aromatic nitrogens is 3. The minimum atomic E-state index is 0.689. The molecular formula is C22H22N6OS. The van der Waals surface area contributed by atoms with Crippen LogP contribution in [-0.2, 0) is 4.74 Å². The number of fused-ring (bicyclic) bond motifs is 1. The highest BCUT2D eigenvalue weighted by Crippen LogP contribution is 2.26. The van der Waals surface area contributed by atoms with Crippen LogP contribution >= 0.6 is 11.3 Å². The van der Waals surface area contributed by atoms with Crippen molar-refractivity contribution in [2.75, 3.05) is 36.6 Å². The normalized spacial score (nSPS) is 14.6. The summed E-state index contributed by atoms with van der Waals surface area (Å²) in [6.07, 6.45) is 1.84. The van der Waals surface area contributed by atoms with Gasteiger partial charge in [0.1, 0.15) is 5.82 Å². The molecule has 1 fully saturated rings. The number of nitrogens with zero attached hydrogens (tertiary/aromatic N) is 5. The number of aryl methyl sites for hydroxylation is 1. The van der Waals surface area contributed by atoms with E-state index in [2.05, 4.69) is 45.9 Å². The highest BCUT2D eigenvalue weighted by molar-refractivity contribution is 7.11. The Morgan fingerprint density at radius 3 is 2.73 bits per heavy atom. The number of hydrogen-bond donors (Lipinski definition) is 1. The Morgan fingerprint density at radius 2 is 1.97 bits per heavy atom. The number of thiophene rings is 1. The average molecular weight is 419 g/mol. The molecule has 1 aliphatic rings. The fourth-order valence-corrected chi connectivity index (χ4v) is 4.24. The molecule has 7 nitrogen and oxygen atoms in total. The molecule has 1 aliphatic heterocycles. The van der Waals surface area contributed by atoms with Gasteiger partial charge in [-0.15, -0.1) is 11.3 Å². The van der Waals surface area contributed by atoms with Crippen molar-refractivity contribution in [3.05, 3.63) is 64.4 Å². The molecule has 0 saturated carbocycles. The molecule has 152 valence electrons. The second-order valence-electron chi connectivity index (χ2n) is 7.10. The molecule has 0 unspecified atom stereocenters. The van der Waals surface area contributed by atoms with Crippen molar-refractivity contribution < 1.29 is 4.74 Å². The Labute approximate surface area is 178 Å². The van der Waals surface area contributed by atoms with Crippen LogP contribution in [0.3, 0.4) is 0 Å². The molecule has 5 rings (SSSR count). The van der Waals surface area contributed by atoms with Gasteiger partial charge < -0.3 is 9.64 Å². The van der Waals surface area contributed by atoms with E-state index in [-0.39, 0.29) is 0 Å². The molecule has 1 N–H and O–H groups in total. The number of anilines is 2. The van der Waals surface area contributed by atoms with Crippen molar-refractivity contribution in [1.29, 1.82) is 0 Å². The van der Waals surface area contributed by atoms with Crippen LogP contribution in [0.25, 0.3) is 16.9 Å². The average Bonchev–Trinajstić information content (AvgIpc) is 3.40. The van der Waals surface area contributed by atoms with Crippen LogP contribution in [0.1, 0.15) is 10.4 Å². The second-order valence-corrected chi connectivity index (χ2v) is 8.05. The topological polar surface area (TPSA) is 67.0 Å². The number of ether oxygens (including phenoxy) is 1. The van der Waals surface area contributed by atoms with Gasteiger partial charge in [0.05, 0.1) is 25.1 Å². The zero-order valence-electron chi connectivity index (χ0n) is 16.7. The fourth-order valence-electron chi connectivity index (χ4n) is 3.46. The summed E-state index contributed by atoms with van der Waals surface area (Å²) >= 11 is 1.67. The lowest BCUT2D eigenvalue weighted by Crippen LogP contribution is -2.37. The third-order valence-corrected chi connectivity index (χ3v) is 6.03. The van der Waals surface area contributed by atoms with E-state index in [1.165, 1.54) is 5.56 Å². The molecule has 0 atom stereocenters. The summed E-state index contributed by atoms with van der Waals surface area (Å²) < 4.78 is 7.44. The minimum absolute atomic E-state index is 0.689. The van der Waals surface area contributed by atoms with Gasteiger partial charge in [0.2, 0.25) is 0 Å². The summed E-state index contributed by atoms with van der Waals surface area (Å²) in [5.74, 6) is 1.67. The lowest BCUT2D eigenvalue weighted by Gasteiger charge is -2.29. The Kier molecular flexibility index (Phi) is 5.17. The maximum absolute atomic E-state index is 5.53. The molecule has 0 aliphatic carbocycles. The molecule has 0 radical (unpaired) electrons. The number of nitrogens with one attached hydrogen (secondary N) is 1. The van der Waals surface area contributed by atoms with E-state index < -0.39 is 0 Å². The first-order chi connectivity index (χ1) is 14.8. The van der Waals surface area contributed by atoms with E-state index in [0.29, 0.717) is 19.0 Å². The molecular weight excluding hydrogens is 396 g/mol. The van der Waals surface area contributed by atoms with Gasteiger partial charge in [0.25, 0.3) is 0 Å². The van der Waals surface area contributed by atoms with Crippen LogP contribution in [0.2, 0.25) is 0 Å². The van der Waals surface area contributed by atoms with Crippen molar-refractivity contribution >= 4 is 34.8 Å². The number of hydrogen-bond acceptors (Lipinski definition) is 7. The number of rotatable bonds is 5. The Hall–Kier alpha value is -3.23. The molecule has 8 heteroatoms. The van der Waals surface area contributed by atoms with E-state index >= 15 is 0 Å². The molecule has 0 spiro atoms. The molecule has 3 aromatic heterocycles. The first kappa shape index (κ1) is 18.8. The van der Waals surface area contributed by atoms with Crippen molar-refractivity contribution in [2.45, 2.75) is 6.92 Å². The lowest BCUT2D eigenvalue weighted by atomic mass is 10.2. The summed E-state index contributed by atoms with van der Waals surface area (Å²) in [4.78, 5) is 8.15. The predicted octanol–water partition coefficient (Wildman–Crippen LogP) is 4.05. The largest absolute Gasteiger partial charge is 0.378 e. The SMILES string of the molecule is Cc1ccsc1/C=N/Nc1cc(N2CCOCC2)n2nc(-c3ccccc3)cc2n1. The Bertz CT molecular complexity index is 1180. The van der Waals surface area contributed by atoms with Crippen LogP contribution < -0.4 is 10.3 Å². The van der Waals surface area contributed by atoms with E-state index in [0.717, 1.165) is 40.7 Å². The maximum atomic E-state index is 5.53. The fraction of sp³-hybridized carbons (Fsp3) is 0.227. The third-order valence-electron chi connectivity index (χ3n) is 5.08. The lowest BCUT2D eigenvalue weighted by molar-refractivity contribution is 0.122. The van der Waals surface area contributed by atoms with Crippen LogP contribution in [0.4, 0.5) is 11.6 Å². The molecule has 1 saturated heterocycles. The van der Waals surface area contributed by atoms with Gasteiger partial charge >= 0.3 is 0 Å². The predicted molar refractivity (Wildman–Crippen MR) is 122 cm³/mol. The zero-order chi connectivity index (χ0) is 20.3. The number of morpholine rings is 1. The van der Waals surface area contributed by atoms with Crippen LogP contribution in [0.15, 0.2) is 59.0 Å². The van der Waals surface area contributed by atoms with Gasteiger partial charge in [0.15, 0.2) is 11.5 Å². The van der Waals surface area contributed by atoms with Gasteiger partial charge in [-0.1, -0.05) is 30.3 Å².